The number of amides is 2. The van der Waals surface area contributed by atoms with E-state index in [-0.39, 0.29) is 24.2 Å². The lowest BCUT2D eigenvalue weighted by atomic mass is 9.96. The van der Waals surface area contributed by atoms with Gasteiger partial charge in [0.2, 0.25) is 0 Å². The second-order valence-electron chi connectivity index (χ2n) is 9.49. The normalized spacial score (nSPS) is 22.6. The number of rotatable bonds is 7. The summed E-state index contributed by atoms with van der Waals surface area (Å²) < 4.78 is 33.1. The largest absolute Gasteiger partial charge is 0.490 e. The number of hydrogen-bond acceptors (Lipinski definition) is 3. The highest BCUT2D eigenvalue weighted by molar-refractivity contribution is 5.74. The number of benzene rings is 2. The molecule has 2 aromatic rings. The third-order valence-electron chi connectivity index (χ3n) is 7.04. The summed E-state index contributed by atoms with van der Waals surface area (Å²) in [6.45, 7) is 2.66. The molecule has 3 aliphatic rings. The average Bonchev–Trinajstić information content (AvgIpc) is 3.50. The molecule has 33 heavy (non-hydrogen) atoms. The maximum atomic E-state index is 14.1. The molecule has 0 unspecified atom stereocenters. The molecule has 2 amide bonds. The van der Waals surface area contributed by atoms with Crippen molar-refractivity contribution < 1.29 is 18.3 Å². The number of piperidine rings is 1. The quantitative estimate of drug-likeness (QED) is 0.650. The first-order valence-corrected chi connectivity index (χ1v) is 12.0. The molecule has 5 rings (SSSR count). The molecule has 2 aromatic carbocycles. The first-order valence-electron chi connectivity index (χ1n) is 12.0. The zero-order valence-corrected chi connectivity index (χ0v) is 18.8. The van der Waals surface area contributed by atoms with E-state index in [1.807, 2.05) is 29.2 Å². The average molecular weight is 456 g/mol. The lowest BCUT2D eigenvalue weighted by molar-refractivity contribution is 0.0979. The zero-order valence-electron chi connectivity index (χ0n) is 18.8. The van der Waals surface area contributed by atoms with Gasteiger partial charge in [-0.3, -0.25) is 0 Å². The van der Waals surface area contributed by atoms with E-state index in [0.29, 0.717) is 18.7 Å². The topological polar surface area (TPSA) is 44.8 Å². The number of fused-ring (bicyclic) bond motifs is 1. The summed E-state index contributed by atoms with van der Waals surface area (Å²) >= 11 is 0. The third kappa shape index (κ3) is 5.46. The number of ether oxygens (including phenoxy) is 1. The summed E-state index contributed by atoms with van der Waals surface area (Å²) in [5.74, 6) is -0.405. The predicted octanol–water partition coefficient (Wildman–Crippen LogP) is 4.84. The van der Waals surface area contributed by atoms with E-state index in [2.05, 4.69) is 10.2 Å². The fourth-order valence-corrected chi connectivity index (χ4v) is 5.04. The molecule has 7 heteroatoms. The second-order valence-corrected chi connectivity index (χ2v) is 9.49. The van der Waals surface area contributed by atoms with Crippen LogP contribution in [0.25, 0.3) is 0 Å². The Morgan fingerprint density at radius 3 is 2.64 bits per heavy atom. The Labute approximate surface area is 193 Å². The number of nitrogens with zero attached hydrogens (tertiary/aromatic N) is 2. The Bertz CT molecular complexity index is 980. The van der Waals surface area contributed by atoms with Gasteiger partial charge in [0.05, 0.1) is 6.10 Å². The van der Waals surface area contributed by atoms with Crippen LogP contribution in [0.3, 0.4) is 0 Å². The maximum absolute atomic E-state index is 14.1. The molecular formula is C26H31F2N3O2. The van der Waals surface area contributed by atoms with Crippen molar-refractivity contribution in [1.82, 2.24) is 15.1 Å². The molecule has 2 saturated heterocycles. The molecule has 3 fully saturated rings. The van der Waals surface area contributed by atoms with Crippen LogP contribution in [0, 0.1) is 11.6 Å². The summed E-state index contributed by atoms with van der Waals surface area (Å²) in [5, 5.41) is 2.87. The van der Waals surface area contributed by atoms with Gasteiger partial charge in [-0.15, -0.1) is 0 Å². The lowest BCUT2D eigenvalue weighted by Crippen LogP contribution is -2.51. The summed E-state index contributed by atoms with van der Waals surface area (Å²) in [6, 6.07) is 11.9. The molecule has 5 nitrogen and oxygen atoms in total. The van der Waals surface area contributed by atoms with Crippen molar-refractivity contribution in [1.29, 1.82) is 0 Å². The highest BCUT2D eigenvalue weighted by Crippen LogP contribution is 2.31. The molecular weight excluding hydrogens is 424 g/mol. The Balaban J connectivity index is 1.28. The van der Waals surface area contributed by atoms with Gasteiger partial charge in [-0.2, -0.15) is 0 Å². The van der Waals surface area contributed by atoms with Gasteiger partial charge >= 0.3 is 6.03 Å². The number of carbonyl (C=O) groups is 1. The molecule has 0 radical (unpaired) electrons. The van der Waals surface area contributed by atoms with E-state index in [0.717, 1.165) is 56.2 Å². The molecule has 0 spiro atoms. The SMILES string of the molecule is O=C(NCc1ccc(F)cc1F)N(Cc1ccc(OC2CC2)cc1)[C@@H]1CCN2CCC[C@H]2C1. The number of halogens is 2. The highest BCUT2D eigenvalue weighted by atomic mass is 19.1. The van der Waals surface area contributed by atoms with Crippen molar-refractivity contribution in [2.45, 2.75) is 69.8 Å². The van der Waals surface area contributed by atoms with Crippen LogP contribution in [0.5, 0.6) is 5.75 Å². The fraction of sp³-hybridized carbons (Fsp3) is 0.500. The maximum Gasteiger partial charge on any atom is 0.318 e. The summed E-state index contributed by atoms with van der Waals surface area (Å²) in [4.78, 5) is 17.7. The monoisotopic (exact) mass is 455 g/mol. The number of hydrogen-bond donors (Lipinski definition) is 1. The van der Waals surface area contributed by atoms with Gasteiger partial charge in [-0.25, -0.2) is 13.6 Å². The van der Waals surface area contributed by atoms with E-state index < -0.39 is 11.6 Å². The predicted molar refractivity (Wildman–Crippen MR) is 122 cm³/mol. The molecule has 1 saturated carbocycles. The molecule has 2 atom stereocenters. The van der Waals surface area contributed by atoms with Crippen molar-refractivity contribution in [3.63, 3.8) is 0 Å². The number of nitrogens with one attached hydrogen (secondary N) is 1. The Hall–Kier alpha value is -2.67. The standard InChI is InChI=1S/C26H31F2N3O2/c27-20-6-5-19(25(28)14-20)16-29-26(32)31(22-11-13-30-12-1-2-21(30)15-22)17-18-3-7-23(8-4-18)33-24-9-10-24/h3-8,14,21-22,24H,1-2,9-13,15-17H2,(H,29,32)/t21-,22+/m0/s1. The van der Waals surface area contributed by atoms with Crippen LogP contribution in [0.2, 0.25) is 0 Å². The summed E-state index contributed by atoms with van der Waals surface area (Å²) in [6.07, 6.45) is 6.87. The van der Waals surface area contributed by atoms with Crippen LogP contribution in [0.1, 0.15) is 49.7 Å². The molecule has 176 valence electrons. The number of urea groups is 1. The van der Waals surface area contributed by atoms with Crippen LogP contribution in [-0.4, -0.2) is 47.1 Å². The van der Waals surface area contributed by atoms with Crippen LogP contribution in [0.4, 0.5) is 13.6 Å². The number of carbonyl (C=O) groups excluding carboxylic acids is 1. The van der Waals surface area contributed by atoms with Gasteiger partial charge < -0.3 is 19.9 Å². The first kappa shape index (κ1) is 22.1. The molecule has 1 aliphatic carbocycles. The van der Waals surface area contributed by atoms with Crippen LogP contribution in [-0.2, 0) is 13.1 Å². The van der Waals surface area contributed by atoms with E-state index in [4.69, 9.17) is 4.74 Å². The minimum Gasteiger partial charge on any atom is -0.490 e. The van der Waals surface area contributed by atoms with E-state index in [1.165, 1.54) is 25.0 Å². The van der Waals surface area contributed by atoms with E-state index in [1.54, 1.807) is 0 Å². The van der Waals surface area contributed by atoms with Gasteiger partial charge in [-0.1, -0.05) is 18.2 Å². The van der Waals surface area contributed by atoms with Gasteiger partial charge in [0.25, 0.3) is 0 Å². The third-order valence-corrected chi connectivity index (χ3v) is 7.04. The lowest BCUT2D eigenvalue weighted by Gasteiger charge is -2.40. The van der Waals surface area contributed by atoms with Gasteiger partial charge in [-0.05, 0) is 68.8 Å². The van der Waals surface area contributed by atoms with Crippen molar-refractivity contribution in [2.24, 2.45) is 0 Å². The van der Waals surface area contributed by atoms with Crippen molar-refractivity contribution in [3.8, 4) is 5.75 Å². The minimum atomic E-state index is -0.646. The Kier molecular flexibility index (Phi) is 6.49. The van der Waals surface area contributed by atoms with E-state index in [9.17, 15) is 13.6 Å². The first-order chi connectivity index (χ1) is 16.0. The smallest absolute Gasteiger partial charge is 0.318 e. The molecule has 0 bridgehead atoms. The zero-order chi connectivity index (χ0) is 22.8. The molecule has 1 N–H and O–H groups in total. The second kappa shape index (κ2) is 9.67. The summed E-state index contributed by atoms with van der Waals surface area (Å²) in [5.41, 5.74) is 1.31. The molecule has 0 aromatic heterocycles. The Morgan fingerprint density at radius 2 is 1.88 bits per heavy atom. The van der Waals surface area contributed by atoms with Gasteiger partial charge in [0, 0.05) is 43.3 Å². The molecule has 2 heterocycles. The Morgan fingerprint density at radius 1 is 1.06 bits per heavy atom. The van der Waals surface area contributed by atoms with E-state index >= 15 is 0 Å². The summed E-state index contributed by atoms with van der Waals surface area (Å²) in [7, 11) is 0. The van der Waals surface area contributed by atoms with Crippen molar-refractivity contribution >= 4 is 6.03 Å². The van der Waals surface area contributed by atoms with Gasteiger partial charge in [0.15, 0.2) is 0 Å². The van der Waals surface area contributed by atoms with Crippen LogP contribution < -0.4 is 10.1 Å². The minimum absolute atomic E-state index is 0.0257. The highest BCUT2D eigenvalue weighted by Gasteiger charge is 2.36. The van der Waals surface area contributed by atoms with Crippen LogP contribution >= 0.6 is 0 Å². The molecule has 2 aliphatic heterocycles. The van der Waals surface area contributed by atoms with Gasteiger partial charge in [0.1, 0.15) is 17.4 Å². The van der Waals surface area contributed by atoms with Crippen LogP contribution in [0.15, 0.2) is 42.5 Å². The van der Waals surface area contributed by atoms with Crippen molar-refractivity contribution in [2.75, 3.05) is 13.1 Å². The fourth-order valence-electron chi connectivity index (χ4n) is 5.04. The van der Waals surface area contributed by atoms with Crippen molar-refractivity contribution in [3.05, 3.63) is 65.2 Å².